The maximum atomic E-state index is 3.72. The average molecular weight is 159 g/mol. The molecule has 3 rings (SSSR count). The molecule has 62 valence electrons. The molecule has 1 nitrogen and oxygen atoms in total. The van der Waals surface area contributed by atoms with Crippen LogP contribution in [-0.4, -0.2) is 17.5 Å². The van der Waals surface area contributed by atoms with E-state index in [-0.39, 0.29) is 0 Å². The lowest BCUT2D eigenvalue weighted by Crippen LogP contribution is -1.76. The van der Waals surface area contributed by atoms with E-state index in [1.807, 2.05) is 18.2 Å². The van der Waals surface area contributed by atoms with E-state index in [4.69, 9.17) is 0 Å². The molecular formula is C11H13N. The molecule has 1 unspecified atom stereocenters. The number of hydrogen-bond donors (Lipinski definition) is 0. The summed E-state index contributed by atoms with van der Waals surface area (Å²) in [4.78, 5) is 2.26. The van der Waals surface area contributed by atoms with Crippen molar-refractivity contribution in [3.8, 4) is 0 Å². The molecule has 2 saturated heterocycles. The normalized spacial score (nSPS) is 22.2. The number of nitrogens with zero attached hydrogens (tertiary/aromatic N) is 1. The van der Waals surface area contributed by atoms with Crippen molar-refractivity contribution < 1.29 is 0 Å². The Morgan fingerprint density at radius 1 is 1.33 bits per heavy atom. The van der Waals surface area contributed by atoms with Gasteiger partial charge in [-0.05, 0) is 6.92 Å². The van der Waals surface area contributed by atoms with Crippen LogP contribution >= 0.6 is 0 Å². The first kappa shape index (κ1) is 7.41. The van der Waals surface area contributed by atoms with Crippen LogP contribution in [0.25, 0.3) is 0 Å². The molecule has 0 spiro atoms. The molecule has 0 aromatic heterocycles. The first-order valence-corrected chi connectivity index (χ1v) is 4.26. The molecule has 2 fully saturated rings. The maximum Gasteiger partial charge on any atom is 0.0857 e. The van der Waals surface area contributed by atoms with Gasteiger partial charge in [0.05, 0.1) is 6.04 Å². The lowest BCUT2D eigenvalue weighted by Gasteiger charge is -1.82. The van der Waals surface area contributed by atoms with Gasteiger partial charge in [-0.25, -0.2) is 0 Å². The zero-order chi connectivity index (χ0) is 8.55. The number of rotatable bonds is 0. The highest BCUT2D eigenvalue weighted by molar-refractivity contribution is 5.37. The Morgan fingerprint density at radius 2 is 1.83 bits per heavy atom. The summed E-state index contributed by atoms with van der Waals surface area (Å²) in [6, 6.07) is 11.1. The molecular weight excluding hydrogens is 146 g/mol. The smallest absolute Gasteiger partial charge is 0.0857 e. The van der Waals surface area contributed by atoms with Crippen molar-refractivity contribution in [3.05, 3.63) is 48.2 Å². The van der Waals surface area contributed by atoms with Gasteiger partial charge in [0, 0.05) is 12.2 Å². The minimum absolute atomic E-state index is 0.856. The van der Waals surface area contributed by atoms with Gasteiger partial charge in [-0.3, -0.25) is 0 Å². The summed E-state index contributed by atoms with van der Waals surface area (Å²) < 4.78 is 0. The topological polar surface area (TPSA) is 3.01 Å². The summed E-state index contributed by atoms with van der Waals surface area (Å²) in [5.41, 5.74) is 2.67. The average Bonchev–Trinajstić information content (AvgIpc) is 2.95. The van der Waals surface area contributed by atoms with Crippen LogP contribution in [0.1, 0.15) is 5.56 Å². The van der Waals surface area contributed by atoms with E-state index in [1.54, 1.807) is 0 Å². The van der Waals surface area contributed by atoms with Gasteiger partial charge in [0.25, 0.3) is 0 Å². The highest BCUT2D eigenvalue weighted by Crippen LogP contribution is 2.45. The van der Waals surface area contributed by atoms with E-state index in [2.05, 4.69) is 30.5 Å². The van der Waals surface area contributed by atoms with Crippen LogP contribution in [0.5, 0.6) is 0 Å². The van der Waals surface area contributed by atoms with Crippen LogP contribution < -0.4 is 0 Å². The second kappa shape index (κ2) is 2.67. The second-order valence-electron chi connectivity index (χ2n) is 3.31. The van der Waals surface area contributed by atoms with Gasteiger partial charge in [0.15, 0.2) is 0 Å². The molecule has 12 heavy (non-hydrogen) atoms. The molecule has 2 aliphatic rings. The van der Waals surface area contributed by atoms with Gasteiger partial charge in [0.2, 0.25) is 0 Å². The lowest BCUT2D eigenvalue weighted by molar-refractivity contribution is 0.889. The summed E-state index contributed by atoms with van der Waals surface area (Å²) in [6.45, 7) is 7.11. The molecule has 0 N–H and O–H groups in total. The molecule has 1 atom stereocenters. The van der Waals surface area contributed by atoms with Crippen molar-refractivity contribution in [2.24, 2.45) is 0 Å². The monoisotopic (exact) mass is 159 g/mol. The Morgan fingerprint density at radius 3 is 2.00 bits per heavy atom. The molecule has 2 aliphatic heterocycles. The lowest BCUT2D eigenvalue weighted by atomic mass is 10.2. The van der Waals surface area contributed by atoms with Crippen LogP contribution in [0.15, 0.2) is 42.6 Å². The summed E-state index contributed by atoms with van der Waals surface area (Å²) in [5, 5.41) is 0. The molecule has 0 aliphatic carbocycles. The van der Waals surface area contributed by atoms with Gasteiger partial charge in [-0.2, -0.15) is 0 Å². The van der Waals surface area contributed by atoms with E-state index in [0.717, 1.165) is 6.04 Å². The third kappa shape index (κ3) is 1.50. The first-order chi connectivity index (χ1) is 5.79. The van der Waals surface area contributed by atoms with Crippen molar-refractivity contribution in [2.45, 2.75) is 13.0 Å². The summed E-state index contributed by atoms with van der Waals surface area (Å²) in [5.74, 6) is 0. The largest absolute Gasteiger partial charge is 0.361 e. The van der Waals surface area contributed by atoms with Gasteiger partial charge >= 0.3 is 0 Å². The third-order valence-electron chi connectivity index (χ3n) is 2.24. The number of hydrogen-bond acceptors (Lipinski definition) is 1. The number of benzene rings is 1. The fourth-order valence-electron chi connectivity index (χ4n) is 1.12. The molecule has 1 aromatic carbocycles. The Labute approximate surface area is 73.3 Å². The highest BCUT2D eigenvalue weighted by Gasteiger charge is 2.54. The SMILES string of the molecule is C=C1C2CN12.Cc1ccccc1. The molecule has 0 amide bonds. The van der Waals surface area contributed by atoms with Crippen LogP contribution in [0, 0.1) is 6.92 Å². The first-order valence-electron chi connectivity index (χ1n) is 4.26. The summed E-state index contributed by atoms with van der Waals surface area (Å²) in [7, 11) is 0. The minimum Gasteiger partial charge on any atom is -0.361 e. The predicted molar refractivity (Wildman–Crippen MR) is 50.8 cm³/mol. The fraction of sp³-hybridized carbons (Fsp3) is 0.273. The molecule has 1 heteroatoms. The molecule has 0 radical (unpaired) electrons. The predicted octanol–water partition coefficient (Wildman–Crippen LogP) is 2.19. The van der Waals surface area contributed by atoms with Gasteiger partial charge in [-0.15, -0.1) is 0 Å². The minimum atomic E-state index is 0.856. The standard InChI is InChI=1S/C7H8.C4H5N/c1-7-5-3-2-4-6-7;1-3-4-2-5(3)4/h2-6H,1H3;4H,1-2H2. The van der Waals surface area contributed by atoms with Crippen molar-refractivity contribution in [2.75, 3.05) is 6.54 Å². The fourth-order valence-corrected chi connectivity index (χ4v) is 1.12. The van der Waals surface area contributed by atoms with Crippen molar-refractivity contribution in [3.63, 3.8) is 0 Å². The van der Waals surface area contributed by atoms with E-state index >= 15 is 0 Å². The van der Waals surface area contributed by atoms with Gasteiger partial charge in [-0.1, -0.05) is 42.5 Å². The highest BCUT2D eigenvalue weighted by atomic mass is 15.5. The Hall–Kier alpha value is -1.24. The summed E-state index contributed by atoms with van der Waals surface area (Å²) in [6.07, 6.45) is 0. The van der Waals surface area contributed by atoms with Crippen LogP contribution in [-0.2, 0) is 0 Å². The molecule has 0 saturated carbocycles. The molecule has 1 aromatic rings. The zero-order valence-corrected chi connectivity index (χ0v) is 7.33. The van der Waals surface area contributed by atoms with E-state index in [1.165, 1.54) is 17.8 Å². The van der Waals surface area contributed by atoms with E-state index < -0.39 is 0 Å². The molecule has 0 bridgehead atoms. The van der Waals surface area contributed by atoms with Crippen LogP contribution in [0.4, 0.5) is 0 Å². The second-order valence-corrected chi connectivity index (χ2v) is 3.31. The van der Waals surface area contributed by atoms with Crippen molar-refractivity contribution in [1.82, 2.24) is 4.90 Å². The van der Waals surface area contributed by atoms with Gasteiger partial charge < -0.3 is 4.90 Å². The number of fused-ring (bicyclic) bond motifs is 1. The quantitative estimate of drug-likeness (QED) is 0.524. The van der Waals surface area contributed by atoms with Gasteiger partial charge in [0.1, 0.15) is 0 Å². The Balaban J connectivity index is 0.0000000978. The maximum absolute atomic E-state index is 3.72. The number of aryl methyl sites for hydroxylation is 1. The van der Waals surface area contributed by atoms with Crippen LogP contribution in [0.2, 0.25) is 0 Å². The third-order valence-corrected chi connectivity index (χ3v) is 2.24. The van der Waals surface area contributed by atoms with E-state index in [0.29, 0.717) is 0 Å². The Kier molecular flexibility index (Phi) is 1.65. The summed E-state index contributed by atoms with van der Waals surface area (Å²) >= 11 is 0. The van der Waals surface area contributed by atoms with Crippen molar-refractivity contribution >= 4 is 0 Å². The zero-order valence-electron chi connectivity index (χ0n) is 7.33. The Bertz CT molecular complexity index is 279. The van der Waals surface area contributed by atoms with Crippen LogP contribution in [0.3, 0.4) is 0 Å². The van der Waals surface area contributed by atoms with Crippen molar-refractivity contribution in [1.29, 1.82) is 0 Å². The molecule has 2 heterocycles. The van der Waals surface area contributed by atoms with E-state index in [9.17, 15) is 0 Å².